The van der Waals surface area contributed by atoms with Gasteiger partial charge in [0.1, 0.15) is 21.6 Å². The van der Waals surface area contributed by atoms with Gasteiger partial charge in [0.15, 0.2) is 5.58 Å². The topological polar surface area (TPSA) is 100 Å². The van der Waals surface area contributed by atoms with Crippen LogP contribution in [-0.2, 0) is 4.79 Å². The molecule has 0 atom stereocenters. The Labute approximate surface area is 198 Å². The standard InChI is InChI=1S/C22H23BrClN5O3/c1-29(2)14-6-3-12(4-7-14)21(30)28-19-18-15(8-9-16(23)26-18)32-20(19)22(31)27-17-10-5-13(24)11-25-17/h5,8-12,14H,3-4,6-7H2,1-2H3,(H,28,30)(H,25,27,31)/t12-,14-. The molecule has 2 N–H and O–H groups in total. The molecule has 0 radical (unpaired) electrons. The van der Waals surface area contributed by atoms with Gasteiger partial charge >= 0.3 is 0 Å². The normalized spacial score (nSPS) is 18.7. The van der Waals surface area contributed by atoms with Crippen LogP contribution in [0.2, 0.25) is 5.02 Å². The molecule has 0 unspecified atom stereocenters. The molecule has 1 fully saturated rings. The minimum Gasteiger partial charge on any atom is -0.447 e. The molecule has 0 spiro atoms. The smallest absolute Gasteiger partial charge is 0.294 e. The van der Waals surface area contributed by atoms with Crippen LogP contribution in [0.15, 0.2) is 39.5 Å². The summed E-state index contributed by atoms with van der Waals surface area (Å²) in [6.07, 6.45) is 4.92. The van der Waals surface area contributed by atoms with Gasteiger partial charge in [-0.05, 0) is 80.0 Å². The number of carbonyl (C=O) groups excluding carboxylic acids is 2. The molecule has 1 saturated carbocycles. The van der Waals surface area contributed by atoms with Crippen molar-refractivity contribution in [2.24, 2.45) is 5.92 Å². The number of amides is 2. The number of carbonyl (C=O) groups is 2. The van der Waals surface area contributed by atoms with Gasteiger partial charge < -0.3 is 20.0 Å². The summed E-state index contributed by atoms with van der Waals surface area (Å²) in [6, 6.07) is 7.09. The molecule has 3 aromatic heterocycles. The summed E-state index contributed by atoms with van der Waals surface area (Å²) in [4.78, 5) is 36.7. The lowest BCUT2D eigenvalue weighted by Gasteiger charge is -2.31. The van der Waals surface area contributed by atoms with Crippen molar-refractivity contribution >= 4 is 62.0 Å². The van der Waals surface area contributed by atoms with E-state index in [1.54, 1.807) is 24.3 Å². The molecule has 4 rings (SSSR count). The predicted molar refractivity (Wildman–Crippen MR) is 127 cm³/mol. The van der Waals surface area contributed by atoms with E-state index in [-0.39, 0.29) is 23.3 Å². The average molecular weight is 521 g/mol. The molecule has 0 bridgehead atoms. The quantitative estimate of drug-likeness (QED) is 0.462. The van der Waals surface area contributed by atoms with E-state index in [4.69, 9.17) is 16.0 Å². The Morgan fingerprint density at radius 2 is 1.88 bits per heavy atom. The van der Waals surface area contributed by atoms with Gasteiger partial charge in [-0.2, -0.15) is 0 Å². The van der Waals surface area contributed by atoms with Crippen molar-refractivity contribution in [1.29, 1.82) is 0 Å². The Morgan fingerprint density at radius 1 is 1.12 bits per heavy atom. The first-order chi connectivity index (χ1) is 15.3. The molecular formula is C22H23BrClN5O3. The molecule has 8 nitrogen and oxygen atoms in total. The maximum atomic E-state index is 13.1. The molecule has 32 heavy (non-hydrogen) atoms. The highest BCUT2D eigenvalue weighted by atomic mass is 79.9. The van der Waals surface area contributed by atoms with E-state index in [1.165, 1.54) is 6.20 Å². The van der Waals surface area contributed by atoms with Crippen molar-refractivity contribution in [3.05, 3.63) is 45.8 Å². The number of hydrogen-bond acceptors (Lipinski definition) is 6. The fraction of sp³-hybridized carbons (Fsp3) is 0.364. The van der Waals surface area contributed by atoms with E-state index >= 15 is 0 Å². The number of fused-ring (bicyclic) bond motifs is 1. The fourth-order valence-corrected chi connectivity index (χ4v) is 4.35. The lowest BCUT2D eigenvalue weighted by atomic mass is 9.85. The highest BCUT2D eigenvalue weighted by molar-refractivity contribution is 9.10. The molecule has 3 aromatic rings. The number of aromatic nitrogens is 2. The van der Waals surface area contributed by atoms with Crippen molar-refractivity contribution in [3.8, 4) is 0 Å². The Balaban J connectivity index is 1.59. The minimum atomic E-state index is -0.541. The molecule has 1 aliphatic carbocycles. The molecule has 1 aliphatic rings. The monoisotopic (exact) mass is 519 g/mol. The summed E-state index contributed by atoms with van der Waals surface area (Å²) in [6.45, 7) is 0. The number of pyridine rings is 2. The van der Waals surface area contributed by atoms with Crippen LogP contribution < -0.4 is 10.6 Å². The highest BCUT2D eigenvalue weighted by Crippen LogP contribution is 2.33. The van der Waals surface area contributed by atoms with Crippen molar-refractivity contribution in [1.82, 2.24) is 14.9 Å². The second-order valence-corrected chi connectivity index (χ2v) is 9.31. The maximum Gasteiger partial charge on any atom is 0.294 e. The van der Waals surface area contributed by atoms with Crippen molar-refractivity contribution < 1.29 is 14.0 Å². The van der Waals surface area contributed by atoms with Crippen molar-refractivity contribution in [2.45, 2.75) is 31.7 Å². The summed E-state index contributed by atoms with van der Waals surface area (Å²) in [5.74, 6) is -0.519. The summed E-state index contributed by atoms with van der Waals surface area (Å²) in [5.41, 5.74) is 1.06. The highest BCUT2D eigenvalue weighted by Gasteiger charge is 2.30. The van der Waals surface area contributed by atoms with Crippen LogP contribution in [0.4, 0.5) is 11.5 Å². The Bertz CT molecular complexity index is 1140. The molecule has 0 aliphatic heterocycles. The number of halogens is 2. The molecule has 2 amide bonds. The van der Waals surface area contributed by atoms with E-state index in [0.717, 1.165) is 25.7 Å². The van der Waals surface area contributed by atoms with Crippen LogP contribution in [0.1, 0.15) is 36.2 Å². The summed E-state index contributed by atoms with van der Waals surface area (Å²) >= 11 is 9.20. The van der Waals surface area contributed by atoms with Gasteiger partial charge in [-0.15, -0.1) is 0 Å². The molecule has 0 aromatic carbocycles. The predicted octanol–water partition coefficient (Wildman–Crippen LogP) is 4.95. The molecule has 3 heterocycles. The Kier molecular flexibility index (Phi) is 6.78. The fourth-order valence-electron chi connectivity index (χ4n) is 3.93. The van der Waals surface area contributed by atoms with Crippen molar-refractivity contribution in [3.63, 3.8) is 0 Å². The van der Waals surface area contributed by atoms with Crippen LogP contribution in [0, 0.1) is 5.92 Å². The first kappa shape index (κ1) is 22.7. The number of rotatable bonds is 5. The van der Waals surface area contributed by atoms with Crippen LogP contribution in [0.25, 0.3) is 11.1 Å². The number of hydrogen-bond donors (Lipinski definition) is 2. The minimum absolute atomic E-state index is 0.0299. The molecular weight excluding hydrogens is 498 g/mol. The second-order valence-electron chi connectivity index (χ2n) is 8.06. The zero-order valence-corrected chi connectivity index (χ0v) is 20.0. The summed E-state index contributed by atoms with van der Waals surface area (Å²) < 4.78 is 6.35. The van der Waals surface area contributed by atoms with Gasteiger partial charge in [0, 0.05) is 18.2 Å². The first-order valence-electron chi connectivity index (χ1n) is 10.3. The number of nitrogens with one attached hydrogen (secondary N) is 2. The van der Waals surface area contributed by atoms with Gasteiger partial charge in [0.2, 0.25) is 11.7 Å². The van der Waals surface area contributed by atoms with Crippen molar-refractivity contribution in [2.75, 3.05) is 24.7 Å². The summed E-state index contributed by atoms with van der Waals surface area (Å²) in [7, 11) is 4.12. The van der Waals surface area contributed by atoms with Gasteiger partial charge in [-0.1, -0.05) is 11.6 Å². The van der Waals surface area contributed by atoms with Gasteiger partial charge in [0.25, 0.3) is 5.91 Å². The van der Waals surface area contributed by atoms with Gasteiger partial charge in [-0.25, -0.2) is 9.97 Å². The number of anilines is 2. The third kappa shape index (κ3) is 4.95. The van der Waals surface area contributed by atoms with Crippen LogP contribution in [0.3, 0.4) is 0 Å². The lowest BCUT2D eigenvalue weighted by molar-refractivity contribution is -0.121. The third-order valence-electron chi connectivity index (χ3n) is 5.72. The first-order valence-corrected chi connectivity index (χ1v) is 11.5. The molecule has 10 heteroatoms. The second kappa shape index (κ2) is 9.56. The van der Waals surface area contributed by atoms with Gasteiger partial charge in [0.05, 0.1) is 5.02 Å². The zero-order valence-electron chi connectivity index (χ0n) is 17.7. The average Bonchev–Trinajstić information content (AvgIpc) is 3.13. The van der Waals surface area contributed by atoms with Gasteiger partial charge in [-0.3, -0.25) is 9.59 Å². The molecule has 168 valence electrons. The van der Waals surface area contributed by atoms with Crippen LogP contribution in [0.5, 0.6) is 0 Å². The lowest BCUT2D eigenvalue weighted by Crippen LogP contribution is -2.35. The zero-order chi connectivity index (χ0) is 22.8. The van der Waals surface area contributed by atoms with E-state index in [1.807, 2.05) is 0 Å². The number of nitrogens with zero attached hydrogens (tertiary/aromatic N) is 3. The van der Waals surface area contributed by atoms with E-state index in [2.05, 4.69) is 55.5 Å². The summed E-state index contributed by atoms with van der Waals surface area (Å²) in [5, 5.41) is 6.05. The number of furan rings is 1. The Hall–Kier alpha value is -2.49. The maximum absolute atomic E-state index is 13.1. The SMILES string of the molecule is CN(C)[C@H]1CC[C@H](C(=O)Nc2c(C(=O)Nc3ccc(Cl)cn3)oc3ccc(Br)nc23)CC1. The van der Waals surface area contributed by atoms with E-state index in [0.29, 0.717) is 32.6 Å². The van der Waals surface area contributed by atoms with Crippen LogP contribution >= 0.6 is 27.5 Å². The third-order valence-corrected chi connectivity index (χ3v) is 6.39. The largest absolute Gasteiger partial charge is 0.447 e. The Morgan fingerprint density at radius 3 is 2.53 bits per heavy atom. The molecule has 0 saturated heterocycles. The van der Waals surface area contributed by atoms with E-state index in [9.17, 15) is 9.59 Å². The van der Waals surface area contributed by atoms with Crippen LogP contribution in [-0.4, -0.2) is 46.8 Å². The van der Waals surface area contributed by atoms with E-state index < -0.39 is 5.91 Å².